The first-order valence-corrected chi connectivity index (χ1v) is 7.13. The second-order valence-electron chi connectivity index (χ2n) is 4.13. The van der Waals surface area contributed by atoms with Gasteiger partial charge in [0.15, 0.2) is 0 Å². The minimum absolute atomic E-state index is 0.215. The van der Waals surface area contributed by atoms with E-state index in [-0.39, 0.29) is 5.01 Å². The number of benzene rings is 2. The molecule has 0 aliphatic heterocycles. The highest BCUT2D eigenvalue weighted by molar-refractivity contribution is 7.18. The number of hydrogen-bond acceptors (Lipinski definition) is 4. The Labute approximate surface area is 124 Å². The maximum absolute atomic E-state index is 11.1. The maximum Gasteiger partial charge on any atom is 0.283 e. The Balaban J connectivity index is 2.01. The second-order valence-corrected chi connectivity index (χ2v) is 5.45. The van der Waals surface area contributed by atoms with Gasteiger partial charge in [-0.3, -0.25) is 4.79 Å². The van der Waals surface area contributed by atoms with E-state index < -0.39 is 5.24 Å². The van der Waals surface area contributed by atoms with E-state index in [1.807, 2.05) is 54.6 Å². The van der Waals surface area contributed by atoms with E-state index in [1.165, 1.54) is 11.3 Å². The highest BCUT2D eigenvalue weighted by atomic mass is 35.5. The Morgan fingerprint density at radius 1 is 0.900 bits per heavy atom. The fraction of sp³-hybridized carbons (Fsp3) is 0. The lowest BCUT2D eigenvalue weighted by Gasteiger charge is -2.03. The molecule has 0 saturated heterocycles. The van der Waals surface area contributed by atoms with Crippen LogP contribution in [0, 0.1) is 0 Å². The van der Waals surface area contributed by atoms with Gasteiger partial charge in [0.05, 0.1) is 0 Å². The smallest absolute Gasteiger partial charge is 0.273 e. The molecular formula is C15H9ClN2OS. The van der Waals surface area contributed by atoms with Crippen molar-refractivity contribution in [3.05, 3.63) is 59.6 Å². The van der Waals surface area contributed by atoms with E-state index in [4.69, 9.17) is 11.6 Å². The first-order valence-electron chi connectivity index (χ1n) is 5.93. The molecular weight excluding hydrogens is 292 g/mol. The zero-order valence-corrected chi connectivity index (χ0v) is 11.9. The molecule has 1 aromatic heterocycles. The number of carbonyl (C=O) groups excluding carboxylic acids is 1. The van der Waals surface area contributed by atoms with Crippen molar-refractivity contribution >= 4 is 28.2 Å². The molecule has 0 N–H and O–H groups in total. The van der Waals surface area contributed by atoms with Crippen LogP contribution in [0.15, 0.2) is 54.6 Å². The molecule has 3 nitrogen and oxygen atoms in total. The summed E-state index contributed by atoms with van der Waals surface area (Å²) in [6, 6.07) is 18.0. The van der Waals surface area contributed by atoms with Crippen LogP contribution in [0.25, 0.3) is 21.7 Å². The van der Waals surface area contributed by atoms with Gasteiger partial charge in [-0.1, -0.05) is 59.9 Å². The topological polar surface area (TPSA) is 42.9 Å². The van der Waals surface area contributed by atoms with Gasteiger partial charge >= 0.3 is 0 Å². The fourth-order valence-electron chi connectivity index (χ4n) is 1.88. The zero-order valence-electron chi connectivity index (χ0n) is 10.3. The molecule has 0 unspecified atom stereocenters. The first-order chi connectivity index (χ1) is 9.74. The van der Waals surface area contributed by atoms with Crippen LogP contribution in [0.3, 0.4) is 0 Å². The molecule has 0 spiro atoms. The van der Waals surface area contributed by atoms with Gasteiger partial charge < -0.3 is 0 Å². The first kappa shape index (κ1) is 13.0. The third kappa shape index (κ3) is 2.61. The van der Waals surface area contributed by atoms with Crippen LogP contribution in [-0.2, 0) is 0 Å². The van der Waals surface area contributed by atoms with Crippen molar-refractivity contribution in [2.45, 2.75) is 0 Å². The average Bonchev–Trinajstić information content (AvgIpc) is 2.98. The van der Waals surface area contributed by atoms with Gasteiger partial charge in [0, 0.05) is 5.56 Å². The number of rotatable bonds is 3. The van der Waals surface area contributed by atoms with Crippen LogP contribution >= 0.6 is 22.9 Å². The normalized spacial score (nSPS) is 10.4. The molecule has 0 saturated carbocycles. The Morgan fingerprint density at radius 3 is 2.30 bits per heavy atom. The summed E-state index contributed by atoms with van der Waals surface area (Å²) < 4.78 is 0. The summed E-state index contributed by atoms with van der Waals surface area (Å²) in [4.78, 5) is 11.1. The lowest BCUT2D eigenvalue weighted by molar-refractivity contribution is 0.108. The summed E-state index contributed by atoms with van der Waals surface area (Å²) in [5.41, 5.74) is 3.15. The van der Waals surface area contributed by atoms with E-state index >= 15 is 0 Å². The quantitative estimate of drug-likeness (QED) is 0.679. The van der Waals surface area contributed by atoms with Gasteiger partial charge in [0.2, 0.25) is 5.01 Å². The van der Waals surface area contributed by atoms with Crippen LogP contribution in [0.4, 0.5) is 0 Å². The van der Waals surface area contributed by atoms with E-state index in [0.717, 1.165) is 16.7 Å². The Hall–Kier alpha value is -2.04. The number of hydrogen-bond donors (Lipinski definition) is 0. The van der Waals surface area contributed by atoms with Crippen LogP contribution in [0.1, 0.15) is 9.80 Å². The van der Waals surface area contributed by atoms with Crippen LogP contribution in [-0.4, -0.2) is 15.4 Å². The van der Waals surface area contributed by atoms with Crippen LogP contribution in [0.5, 0.6) is 0 Å². The number of aromatic nitrogens is 2. The number of carbonyl (C=O) groups is 1. The van der Waals surface area contributed by atoms with Crippen molar-refractivity contribution in [3.63, 3.8) is 0 Å². The Morgan fingerprint density at radius 2 is 1.60 bits per heavy atom. The van der Waals surface area contributed by atoms with Crippen molar-refractivity contribution in [1.82, 2.24) is 10.2 Å². The molecule has 0 radical (unpaired) electrons. The SMILES string of the molecule is O=C(Cl)c1nnc(-c2cccc(-c3ccccc3)c2)s1. The standard InChI is InChI=1S/C15H9ClN2OS/c16-13(19)15-18-17-14(20-15)12-8-4-7-11(9-12)10-5-2-1-3-6-10/h1-9H. The third-order valence-corrected chi connectivity index (χ3v) is 4.07. The lowest BCUT2D eigenvalue weighted by Crippen LogP contribution is -1.85. The molecule has 2 aromatic carbocycles. The molecule has 5 heteroatoms. The van der Waals surface area contributed by atoms with Crippen molar-refractivity contribution in [3.8, 4) is 21.7 Å². The summed E-state index contributed by atoms with van der Waals surface area (Å²) in [6.45, 7) is 0. The molecule has 3 aromatic rings. The van der Waals surface area contributed by atoms with Gasteiger partial charge in [0.1, 0.15) is 5.01 Å². The van der Waals surface area contributed by atoms with Crippen molar-refractivity contribution < 1.29 is 4.79 Å². The van der Waals surface area contributed by atoms with Gasteiger partial charge in [0.25, 0.3) is 5.24 Å². The monoisotopic (exact) mass is 300 g/mol. The Bertz CT molecular complexity index is 755. The van der Waals surface area contributed by atoms with Gasteiger partial charge in [-0.2, -0.15) is 0 Å². The zero-order chi connectivity index (χ0) is 13.9. The minimum atomic E-state index is -0.576. The maximum atomic E-state index is 11.1. The van der Waals surface area contributed by atoms with E-state index in [1.54, 1.807) is 0 Å². The highest BCUT2D eigenvalue weighted by Gasteiger charge is 2.11. The highest BCUT2D eigenvalue weighted by Crippen LogP contribution is 2.28. The molecule has 0 bridgehead atoms. The second kappa shape index (κ2) is 5.53. The summed E-state index contributed by atoms with van der Waals surface area (Å²) in [5.74, 6) is 0. The molecule has 20 heavy (non-hydrogen) atoms. The molecule has 0 aliphatic carbocycles. The van der Waals surface area contributed by atoms with Crippen molar-refractivity contribution in [1.29, 1.82) is 0 Å². The minimum Gasteiger partial charge on any atom is -0.273 e. The van der Waals surface area contributed by atoms with Gasteiger partial charge in [-0.25, -0.2) is 0 Å². The summed E-state index contributed by atoms with van der Waals surface area (Å²) >= 11 is 6.59. The Kier molecular flexibility index (Phi) is 3.58. The third-order valence-electron chi connectivity index (χ3n) is 2.81. The molecule has 0 fully saturated rings. The molecule has 0 amide bonds. The van der Waals surface area contributed by atoms with Crippen LogP contribution in [0.2, 0.25) is 0 Å². The molecule has 1 heterocycles. The molecule has 0 atom stereocenters. The molecule has 98 valence electrons. The predicted molar refractivity (Wildman–Crippen MR) is 81.0 cm³/mol. The number of halogens is 1. The van der Waals surface area contributed by atoms with E-state index in [2.05, 4.69) is 10.2 Å². The van der Waals surface area contributed by atoms with Gasteiger partial charge in [-0.05, 0) is 28.8 Å². The van der Waals surface area contributed by atoms with Gasteiger partial charge in [-0.15, -0.1) is 10.2 Å². The average molecular weight is 301 g/mol. The summed E-state index contributed by atoms with van der Waals surface area (Å²) in [7, 11) is 0. The predicted octanol–water partition coefficient (Wildman–Crippen LogP) is 4.25. The van der Waals surface area contributed by atoms with E-state index in [9.17, 15) is 4.79 Å². The number of nitrogens with zero attached hydrogens (tertiary/aromatic N) is 2. The lowest BCUT2D eigenvalue weighted by atomic mass is 10.0. The van der Waals surface area contributed by atoms with Crippen molar-refractivity contribution in [2.24, 2.45) is 0 Å². The van der Waals surface area contributed by atoms with Crippen LogP contribution < -0.4 is 0 Å². The fourth-order valence-corrected chi connectivity index (χ4v) is 2.71. The summed E-state index contributed by atoms with van der Waals surface area (Å²) in [5, 5.41) is 8.11. The largest absolute Gasteiger partial charge is 0.283 e. The van der Waals surface area contributed by atoms with E-state index in [0.29, 0.717) is 5.01 Å². The molecule has 0 aliphatic rings. The summed E-state index contributed by atoms with van der Waals surface area (Å²) in [6.07, 6.45) is 0. The molecule has 3 rings (SSSR count). The van der Waals surface area contributed by atoms with Crippen molar-refractivity contribution in [2.75, 3.05) is 0 Å².